The van der Waals surface area contributed by atoms with Gasteiger partial charge in [0, 0.05) is 5.56 Å². The van der Waals surface area contributed by atoms with Gasteiger partial charge < -0.3 is 10.5 Å². The normalized spacial score (nSPS) is 12.2. The molecule has 0 saturated carbocycles. The number of rotatable bonds is 3. The lowest BCUT2D eigenvalue weighted by molar-refractivity contribution is 0.414. The molecular weight excluding hydrogens is 230 g/mol. The molecule has 1 unspecified atom stereocenters. The smallest absolute Gasteiger partial charge is 0.269 e. The van der Waals surface area contributed by atoms with Gasteiger partial charge in [0.1, 0.15) is 5.75 Å². The largest absolute Gasteiger partial charge is 0.497 e. The van der Waals surface area contributed by atoms with Gasteiger partial charge in [-0.25, -0.2) is 5.10 Å². The highest BCUT2D eigenvalue weighted by Gasteiger charge is 2.13. The first-order valence-electron chi connectivity index (χ1n) is 5.57. The predicted octanol–water partition coefficient (Wildman–Crippen LogP) is 1.14. The van der Waals surface area contributed by atoms with Crippen LogP contribution in [0.15, 0.2) is 35.1 Å². The molecule has 5 heteroatoms. The molecule has 18 heavy (non-hydrogen) atoms. The summed E-state index contributed by atoms with van der Waals surface area (Å²) >= 11 is 0. The summed E-state index contributed by atoms with van der Waals surface area (Å²) in [6, 6.07) is 8.56. The third kappa shape index (κ3) is 2.41. The predicted molar refractivity (Wildman–Crippen MR) is 68.6 cm³/mol. The van der Waals surface area contributed by atoms with Gasteiger partial charge >= 0.3 is 0 Å². The van der Waals surface area contributed by atoms with E-state index in [4.69, 9.17) is 10.5 Å². The van der Waals surface area contributed by atoms with E-state index >= 15 is 0 Å². The maximum Gasteiger partial charge on any atom is 0.269 e. The van der Waals surface area contributed by atoms with Gasteiger partial charge in [-0.2, -0.15) is 5.10 Å². The first-order chi connectivity index (χ1) is 8.61. The van der Waals surface area contributed by atoms with E-state index in [-0.39, 0.29) is 5.56 Å². The van der Waals surface area contributed by atoms with Crippen LogP contribution in [0.1, 0.15) is 22.9 Å². The minimum atomic E-state index is -0.471. The van der Waals surface area contributed by atoms with Crippen LogP contribution in [0.2, 0.25) is 0 Å². The van der Waals surface area contributed by atoms with Gasteiger partial charge in [0.05, 0.1) is 18.8 Å². The summed E-state index contributed by atoms with van der Waals surface area (Å²) in [5, 5.41) is 6.26. The molecule has 0 fully saturated rings. The van der Waals surface area contributed by atoms with E-state index in [9.17, 15) is 4.79 Å². The van der Waals surface area contributed by atoms with E-state index in [0.717, 1.165) is 17.0 Å². The van der Waals surface area contributed by atoms with Crippen molar-refractivity contribution in [1.29, 1.82) is 0 Å². The molecule has 0 radical (unpaired) electrons. The number of aromatic amines is 1. The van der Waals surface area contributed by atoms with Crippen LogP contribution in [0.25, 0.3) is 0 Å². The Labute approximate surface area is 105 Å². The summed E-state index contributed by atoms with van der Waals surface area (Å²) < 4.78 is 5.08. The Morgan fingerprint density at radius 2 is 2.00 bits per heavy atom. The zero-order valence-corrected chi connectivity index (χ0v) is 10.3. The minimum Gasteiger partial charge on any atom is -0.497 e. The number of nitrogens with two attached hydrogens (primary N) is 1. The summed E-state index contributed by atoms with van der Waals surface area (Å²) in [6.07, 6.45) is 0. The highest BCUT2D eigenvalue weighted by molar-refractivity contribution is 5.34. The van der Waals surface area contributed by atoms with E-state index in [2.05, 4.69) is 10.2 Å². The summed E-state index contributed by atoms with van der Waals surface area (Å²) in [7, 11) is 1.60. The van der Waals surface area contributed by atoms with Crippen molar-refractivity contribution in [3.63, 3.8) is 0 Å². The zero-order chi connectivity index (χ0) is 13.1. The van der Waals surface area contributed by atoms with Crippen LogP contribution < -0.4 is 16.0 Å². The highest BCUT2D eigenvalue weighted by atomic mass is 16.5. The Hall–Kier alpha value is -2.14. The lowest BCUT2D eigenvalue weighted by atomic mass is 10.0. The molecule has 0 bridgehead atoms. The van der Waals surface area contributed by atoms with Crippen LogP contribution in [0.4, 0.5) is 0 Å². The summed E-state index contributed by atoms with van der Waals surface area (Å²) in [5.41, 5.74) is 7.92. The monoisotopic (exact) mass is 245 g/mol. The first-order valence-corrected chi connectivity index (χ1v) is 5.57. The third-order valence-corrected chi connectivity index (χ3v) is 2.77. The standard InChI is InChI=1S/C13H15N3O2/c1-8-7-11(13(17)16-15-8)12(14)9-3-5-10(18-2)6-4-9/h3-7,12H,14H2,1-2H3,(H,16,17). The first kappa shape index (κ1) is 12.3. The molecule has 5 nitrogen and oxygen atoms in total. The van der Waals surface area contributed by atoms with Gasteiger partial charge in [0.2, 0.25) is 0 Å². The van der Waals surface area contributed by atoms with Crippen LogP contribution >= 0.6 is 0 Å². The van der Waals surface area contributed by atoms with Crippen molar-refractivity contribution in [2.45, 2.75) is 13.0 Å². The molecule has 0 aliphatic rings. The molecule has 1 aromatic heterocycles. The minimum absolute atomic E-state index is 0.260. The number of nitrogens with zero attached hydrogens (tertiary/aromatic N) is 1. The van der Waals surface area contributed by atoms with Crippen LogP contribution in [0, 0.1) is 6.92 Å². The third-order valence-electron chi connectivity index (χ3n) is 2.77. The van der Waals surface area contributed by atoms with Gasteiger partial charge in [-0.1, -0.05) is 12.1 Å². The SMILES string of the molecule is COc1ccc(C(N)c2cc(C)n[nH]c2=O)cc1. The van der Waals surface area contributed by atoms with E-state index in [1.165, 1.54) is 0 Å². The Morgan fingerprint density at radius 3 is 2.61 bits per heavy atom. The van der Waals surface area contributed by atoms with Gasteiger partial charge in [-0.15, -0.1) is 0 Å². The van der Waals surface area contributed by atoms with Gasteiger partial charge in [0.25, 0.3) is 5.56 Å². The van der Waals surface area contributed by atoms with E-state index in [0.29, 0.717) is 5.56 Å². The average molecular weight is 245 g/mol. The molecule has 0 spiro atoms. The summed E-state index contributed by atoms with van der Waals surface area (Å²) in [5.74, 6) is 0.755. The molecule has 1 heterocycles. The molecule has 0 aliphatic heterocycles. The van der Waals surface area contributed by atoms with Crippen molar-refractivity contribution in [2.75, 3.05) is 7.11 Å². The van der Waals surface area contributed by atoms with Crippen molar-refractivity contribution in [1.82, 2.24) is 10.2 Å². The molecule has 1 atom stereocenters. The molecule has 3 N–H and O–H groups in total. The lowest BCUT2D eigenvalue weighted by Crippen LogP contribution is -2.23. The fourth-order valence-electron chi connectivity index (χ4n) is 1.75. The Bertz CT molecular complexity index is 590. The second-order valence-electron chi connectivity index (χ2n) is 4.04. The van der Waals surface area contributed by atoms with Crippen LogP contribution in [-0.4, -0.2) is 17.3 Å². The summed E-state index contributed by atoms with van der Waals surface area (Å²) in [4.78, 5) is 11.7. The van der Waals surface area contributed by atoms with Crippen molar-refractivity contribution < 1.29 is 4.74 Å². The van der Waals surface area contributed by atoms with Crippen molar-refractivity contribution in [3.05, 3.63) is 57.5 Å². The number of ether oxygens (including phenoxy) is 1. The molecule has 2 rings (SSSR count). The van der Waals surface area contributed by atoms with Crippen molar-refractivity contribution in [2.24, 2.45) is 5.73 Å². The van der Waals surface area contributed by atoms with Gasteiger partial charge in [-0.3, -0.25) is 4.79 Å². The number of H-pyrrole nitrogens is 1. The Balaban J connectivity index is 2.37. The van der Waals surface area contributed by atoms with Crippen LogP contribution in [0.5, 0.6) is 5.75 Å². The van der Waals surface area contributed by atoms with E-state index < -0.39 is 6.04 Å². The second-order valence-corrected chi connectivity index (χ2v) is 4.04. The quantitative estimate of drug-likeness (QED) is 0.849. The second kappa shape index (κ2) is 5.01. The lowest BCUT2D eigenvalue weighted by Gasteiger charge is -2.12. The fraction of sp³-hybridized carbons (Fsp3) is 0.231. The molecule has 94 valence electrons. The maximum absolute atomic E-state index is 11.7. The van der Waals surface area contributed by atoms with Crippen molar-refractivity contribution in [3.8, 4) is 5.75 Å². The molecule has 0 aliphatic carbocycles. The molecular formula is C13H15N3O2. The number of hydrogen-bond acceptors (Lipinski definition) is 4. The fourth-order valence-corrected chi connectivity index (χ4v) is 1.75. The van der Waals surface area contributed by atoms with E-state index in [1.807, 2.05) is 24.3 Å². The molecule has 2 aromatic rings. The number of aryl methyl sites for hydroxylation is 1. The molecule has 1 aromatic carbocycles. The Kier molecular flexibility index (Phi) is 3.43. The number of hydrogen-bond donors (Lipinski definition) is 2. The Morgan fingerprint density at radius 1 is 1.33 bits per heavy atom. The maximum atomic E-state index is 11.7. The molecule has 0 saturated heterocycles. The average Bonchev–Trinajstić information content (AvgIpc) is 2.41. The van der Waals surface area contributed by atoms with Crippen LogP contribution in [-0.2, 0) is 0 Å². The number of benzene rings is 1. The number of aromatic nitrogens is 2. The highest BCUT2D eigenvalue weighted by Crippen LogP contribution is 2.19. The number of methoxy groups -OCH3 is 1. The van der Waals surface area contributed by atoms with Gasteiger partial charge in [-0.05, 0) is 30.7 Å². The van der Waals surface area contributed by atoms with Crippen molar-refractivity contribution >= 4 is 0 Å². The van der Waals surface area contributed by atoms with Gasteiger partial charge in [0.15, 0.2) is 0 Å². The van der Waals surface area contributed by atoms with E-state index in [1.54, 1.807) is 20.1 Å². The molecule has 0 amide bonds. The topological polar surface area (TPSA) is 81.0 Å². The summed E-state index contributed by atoms with van der Waals surface area (Å²) in [6.45, 7) is 1.81. The zero-order valence-electron chi connectivity index (χ0n) is 10.3. The number of nitrogens with one attached hydrogen (secondary N) is 1. The van der Waals surface area contributed by atoms with Crippen LogP contribution in [0.3, 0.4) is 0 Å².